The van der Waals surface area contributed by atoms with E-state index in [0.717, 1.165) is 25.7 Å². The number of rotatable bonds is 32. The first-order valence-electron chi connectivity index (χ1n) is 13.5. The minimum absolute atomic E-state index is 0.00497. The van der Waals surface area contributed by atoms with Crippen LogP contribution in [0.3, 0.4) is 0 Å². The largest absolute Gasteiger partial charge is 0.494 e. The highest BCUT2D eigenvalue weighted by Gasteiger charge is 2.02. The average Bonchev–Trinajstić information content (AvgIpc) is 2.98. The molecule has 238 valence electrons. The van der Waals surface area contributed by atoms with Gasteiger partial charge in [-0.3, -0.25) is 0 Å². The number of unbranched alkanes of at least 4 members (excludes halogenated alkanes) is 7. The van der Waals surface area contributed by atoms with E-state index in [1.54, 1.807) is 24.3 Å². The van der Waals surface area contributed by atoms with Gasteiger partial charge < -0.3 is 57.2 Å². The van der Waals surface area contributed by atoms with Gasteiger partial charge in [0.15, 0.2) is 54.3 Å². The number of carboxylic acid groups (broad SMARTS) is 1. The van der Waals surface area contributed by atoms with Crippen LogP contribution in [0, 0.1) is 0 Å². The molecule has 0 spiro atoms. The molecule has 0 saturated carbocycles. The summed E-state index contributed by atoms with van der Waals surface area (Å²) >= 11 is 3.09. The molecular formula is C27H45BrO13. The molecular weight excluding hydrogens is 612 g/mol. The lowest BCUT2D eigenvalue weighted by Crippen LogP contribution is -2.12. The molecule has 0 unspecified atom stereocenters. The van der Waals surface area contributed by atoms with Crippen molar-refractivity contribution < 1.29 is 62.0 Å². The highest BCUT2D eigenvalue weighted by atomic mass is 79.9. The topological polar surface area (TPSA) is 139 Å². The molecule has 0 atom stereocenters. The average molecular weight is 658 g/mol. The molecule has 0 heterocycles. The predicted molar refractivity (Wildman–Crippen MR) is 149 cm³/mol. The molecule has 1 N–H and O–H groups in total. The van der Waals surface area contributed by atoms with Gasteiger partial charge in [0.1, 0.15) is 18.1 Å². The number of ether oxygens (including phenoxy) is 11. The molecule has 0 fully saturated rings. The zero-order valence-electron chi connectivity index (χ0n) is 23.7. The number of benzene rings is 1. The summed E-state index contributed by atoms with van der Waals surface area (Å²) in [5.74, 6) is -0.224. The second-order valence-corrected chi connectivity index (χ2v) is 8.88. The number of carboxylic acids is 1. The maximum absolute atomic E-state index is 10.8. The molecule has 14 heteroatoms. The lowest BCUT2D eigenvalue weighted by molar-refractivity contribution is -0.228. The van der Waals surface area contributed by atoms with Crippen LogP contribution in [0.5, 0.6) is 5.75 Å². The molecule has 0 radical (unpaired) electrons. The highest BCUT2D eigenvalue weighted by Crippen LogP contribution is 2.14. The third-order valence-corrected chi connectivity index (χ3v) is 5.45. The minimum Gasteiger partial charge on any atom is -0.494 e. The Balaban J connectivity index is 1.67. The van der Waals surface area contributed by atoms with Crippen LogP contribution >= 0.6 is 15.9 Å². The van der Waals surface area contributed by atoms with Crippen molar-refractivity contribution in [2.75, 3.05) is 79.9 Å². The van der Waals surface area contributed by atoms with Gasteiger partial charge in [0.05, 0.1) is 12.2 Å². The fraction of sp³-hybridized carbons (Fsp3) is 0.741. The SMILES string of the molecule is O=C(O)c1ccc(OCCCCCCCCCCOCOCOCOCOCOCOCOCOCOCBr)cc1. The molecule has 1 aromatic carbocycles. The van der Waals surface area contributed by atoms with Crippen LogP contribution in [0.25, 0.3) is 0 Å². The summed E-state index contributed by atoms with van der Waals surface area (Å²) in [5.41, 5.74) is 0.666. The Kier molecular flexibility index (Phi) is 27.5. The van der Waals surface area contributed by atoms with Crippen molar-refractivity contribution in [1.29, 1.82) is 0 Å². The maximum Gasteiger partial charge on any atom is 0.335 e. The van der Waals surface area contributed by atoms with Crippen molar-refractivity contribution in [1.82, 2.24) is 0 Å². The molecule has 0 amide bonds. The van der Waals surface area contributed by atoms with Gasteiger partial charge in [0.25, 0.3) is 0 Å². The van der Waals surface area contributed by atoms with Crippen LogP contribution in [-0.2, 0) is 47.4 Å². The third kappa shape index (κ3) is 26.0. The van der Waals surface area contributed by atoms with Crippen LogP contribution < -0.4 is 4.74 Å². The summed E-state index contributed by atoms with van der Waals surface area (Å²) in [4.78, 5) is 10.8. The van der Waals surface area contributed by atoms with E-state index in [0.29, 0.717) is 24.5 Å². The van der Waals surface area contributed by atoms with Crippen LogP contribution in [0.15, 0.2) is 24.3 Å². The Morgan fingerprint density at radius 2 is 0.878 bits per heavy atom. The van der Waals surface area contributed by atoms with E-state index in [9.17, 15) is 4.79 Å². The van der Waals surface area contributed by atoms with Gasteiger partial charge >= 0.3 is 5.97 Å². The zero-order valence-corrected chi connectivity index (χ0v) is 25.3. The number of carbonyl (C=O) groups is 1. The summed E-state index contributed by atoms with van der Waals surface area (Å²) in [6.45, 7) is 1.83. The summed E-state index contributed by atoms with van der Waals surface area (Å²) in [6, 6.07) is 6.50. The van der Waals surface area contributed by atoms with Crippen LogP contribution in [0.2, 0.25) is 0 Å². The molecule has 41 heavy (non-hydrogen) atoms. The molecule has 0 bridgehead atoms. The van der Waals surface area contributed by atoms with Crippen LogP contribution in [0.1, 0.15) is 61.7 Å². The summed E-state index contributed by atoms with van der Waals surface area (Å²) in [5, 5.41) is 8.89. The quantitative estimate of drug-likeness (QED) is 0.0631. The fourth-order valence-corrected chi connectivity index (χ4v) is 3.28. The van der Waals surface area contributed by atoms with E-state index in [1.165, 1.54) is 25.7 Å². The van der Waals surface area contributed by atoms with Gasteiger partial charge in [-0.25, -0.2) is 4.79 Å². The number of hydrogen-bond donors (Lipinski definition) is 1. The first-order chi connectivity index (χ1) is 20.2. The minimum atomic E-state index is -0.931. The van der Waals surface area contributed by atoms with Gasteiger partial charge in [0, 0.05) is 6.61 Å². The van der Waals surface area contributed by atoms with E-state index in [4.69, 9.17) is 57.2 Å². The number of aromatic carboxylic acids is 1. The first-order valence-corrected chi connectivity index (χ1v) is 14.7. The molecule has 1 rings (SSSR count). The highest BCUT2D eigenvalue weighted by molar-refractivity contribution is 9.09. The summed E-state index contributed by atoms with van der Waals surface area (Å²) in [7, 11) is 0. The van der Waals surface area contributed by atoms with Gasteiger partial charge in [-0.05, 0) is 37.1 Å². The van der Waals surface area contributed by atoms with Gasteiger partial charge in [0.2, 0.25) is 0 Å². The molecule has 0 aliphatic heterocycles. The molecule has 0 saturated heterocycles. The molecule has 0 aliphatic carbocycles. The second-order valence-electron chi connectivity index (χ2n) is 8.42. The van der Waals surface area contributed by atoms with Crippen LogP contribution in [-0.4, -0.2) is 90.9 Å². The standard InChI is InChI=1S/C27H45BrO13/c28-15-32-17-34-19-36-21-38-23-40-24-39-22-37-20-35-18-33-16-31-13-7-5-3-1-2-4-6-8-14-41-26-11-9-25(10-12-26)27(29)30/h9-12H,1-8,13-24H2,(H,29,30). The Morgan fingerprint density at radius 1 is 0.512 bits per heavy atom. The van der Waals surface area contributed by atoms with Crippen molar-refractivity contribution in [2.45, 2.75) is 51.4 Å². The molecule has 0 aliphatic rings. The van der Waals surface area contributed by atoms with Gasteiger partial charge in [-0.2, -0.15) is 0 Å². The molecule has 0 aromatic heterocycles. The van der Waals surface area contributed by atoms with E-state index in [1.807, 2.05) is 0 Å². The monoisotopic (exact) mass is 656 g/mol. The lowest BCUT2D eigenvalue weighted by Gasteiger charge is -2.09. The van der Waals surface area contributed by atoms with Crippen molar-refractivity contribution in [3.05, 3.63) is 29.8 Å². The summed E-state index contributed by atoms with van der Waals surface area (Å²) in [6.07, 6.45) is 9.05. The van der Waals surface area contributed by atoms with E-state index in [2.05, 4.69) is 15.9 Å². The zero-order chi connectivity index (χ0) is 29.5. The van der Waals surface area contributed by atoms with Gasteiger partial charge in [-0.1, -0.05) is 54.5 Å². The smallest absolute Gasteiger partial charge is 0.335 e. The Bertz CT molecular complexity index is 696. The normalized spacial score (nSPS) is 11.2. The van der Waals surface area contributed by atoms with Crippen molar-refractivity contribution >= 4 is 21.9 Å². The second kappa shape index (κ2) is 30.0. The number of halogens is 1. The molecule has 13 nitrogen and oxygen atoms in total. The Labute approximate surface area is 250 Å². The Hall–Kier alpha value is -1.43. The van der Waals surface area contributed by atoms with Gasteiger partial charge in [-0.15, -0.1) is 0 Å². The lowest BCUT2D eigenvalue weighted by atomic mass is 10.1. The number of alkyl halides is 1. The maximum atomic E-state index is 10.8. The summed E-state index contributed by atoms with van der Waals surface area (Å²) < 4.78 is 56.6. The fourth-order valence-electron chi connectivity index (χ4n) is 3.14. The first kappa shape index (κ1) is 37.6. The predicted octanol–water partition coefficient (Wildman–Crippen LogP) is 5.02. The van der Waals surface area contributed by atoms with Crippen molar-refractivity contribution in [2.24, 2.45) is 0 Å². The van der Waals surface area contributed by atoms with Crippen molar-refractivity contribution in [3.8, 4) is 5.75 Å². The van der Waals surface area contributed by atoms with E-state index >= 15 is 0 Å². The van der Waals surface area contributed by atoms with E-state index < -0.39 is 5.97 Å². The van der Waals surface area contributed by atoms with Crippen molar-refractivity contribution in [3.63, 3.8) is 0 Å². The van der Waals surface area contributed by atoms with E-state index in [-0.39, 0.29) is 66.7 Å². The third-order valence-electron chi connectivity index (χ3n) is 5.13. The van der Waals surface area contributed by atoms with Crippen LogP contribution in [0.4, 0.5) is 0 Å². The number of hydrogen-bond acceptors (Lipinski definition) is 12. The molecule has 1 aromatic rings. The Morgan fingerprint density at radius 3 is 1.29 bits per heavy atom.